The minimum atomic E-state index is -0.283. The number of rotatable bonds is 6. The molecule has 1 aliphatic heterocycles. The van der Waals surface area contributed by atoms with Crippen molar-refractivity contribution in [3.8, 4) is 11.8 Å². The summed E-state index contributed by atoms with van der Waals surface area (Å²) in [6, 6.07) is 7.31. The third kappa shape index (κ3) is 5.77. The van der Waals surface area contributed by atoms with E-state index in [0.29, 0.717) is 23.2 Å². The van der Waals surface area contributed by atoms with Gasteiger partial charge in [0.25, 0.3) is 5.91 Å². The molecule has 5 rings (SSSR count). The van der Waals surface area contributed by atoms with Gasteiger partial charge in [0.15, 0.2) is 0 Å². The molecule has 4 N–H and O–H groups in total. The fraction of sp³-hybridized carbons (Fsp3) is 0.481. The van der Waals surface area contributed by atoms with Crippen LogP contribution in [0, 0.1) is 23.7 Å². The zero-order valence-electron chi connectivity index (χ0n) is 20.7. The Labute approximate surface area is 211 Å². The first-order chi connectivity index (χ1) is 17.5. The van der Waals surface area contributed by atoms with Gasteiger partial charge in [-0.2, -0.15) is 4.98 Å². The van der Waals surface area contributed by atoms with Crippen molar-refractivity contribution in [3.05, 3.63) is 41.6 Å². The smallest absolute Gasteiger partial charge is 0.253 e. The van der Waals surface area contributed by atoms with E-state index in [1.807, 2.05) is 29.2 Å². The largest absolute Gasteiger partial charge is 0.369 e. The third-order valence-electron chi connectivity index (χ3n) is 7.16. The fourth-order valence-corrected chi connectivity index (χ4v) is 4.72. The number of aromatic nitrogens is 2. The number of hydrogen-bond acceptors (Lipinski definition) is 7. The molecule has 1 saturated heterocycles. The van der Waals surface area contributed by atoms with Gasteiger partial charge in [0.05, 0.1) is 17.7 Å². The van der Waals surface area contributed by atoms with Gasteiger partial charge < -0.3 is 26.2 Å². The molecule has 2 amide bonds. The van der Waals surface area contributed by atoms with Crippen LogP contribution in [0.1, 0.15) is 48.0 Å². The average Bonchev–Trinajstić information content (AvgIpc) is 3.59. The lowest BCUT2D eigenvalue weighted by molar-refractivity contribution is -0.121. The summed E-state index contributed by atoms with van der Waals surface area (Å²) >= 11 is 0. The molecule has 3 fully saturated rings. The molecule has 3 aliphatic rings. The van der Waals surface area contributed by atoms with Gasteiger partial charge in [-0.1, -0.05) is 18.3 Å². The number of nitrogens with two attached hydrogens (primary N) is 1. The molecular formula is C27H33N7O2. The van der Waals surface area contributed by atoms with E-state index in [9.17, 15) is 9.59 Å². The maximum atomic E-state index is 12.8. The van der Waals surface area contributed by atoms with E-state index in [4.69, 9.17) is 10.7 Å². The quantitative estimate of drug-likeness (QED) is 0.536. The minimum Gasteiger partial charge on any atom is -0.369 e. The summed E-state index contributed by atoms with van der Waals surface area (Å²) in [6.07, 6.45) is 6.58. The number of hydrogen-bond donors (Lipinski definition) is 3. The Morgan fingerprint density at radius 3 is 2.50 bits per heavy atom. The lowest BCUT2D eigenvalue weighted by Gasteiger charge is -2.32. The molecule has 0 unspecified atom stereocenters. The van der Waals surface area contributed by atoms with Gasteiger partial charge in [-0.3, -0.25) is 9.59 Å². The van der Waals surface area contributed by atoms with Crippen LogP contribution in [0.25, 0.3) is 0 Å². The van der Waals surface area contributed by atoms with Crippen LogP contribution in [-0.2, 0) is 4.79 Å². The zero-order chi connectivity index (χ0) is 25.1. The summed E-state index contributed by atoms with van der Waals surface area (Å²) in [6.45, 7) is 3.27. The first kappa shape index (κ1) is 24.1. The Hall–Kier alpha value is -3.64. The second-order valence-electron chi connectivity index (χ2n) is 9.99. The van der Waals surface area contributed by atoms with Crippen molar-refractivity contribution < 1.29 is 9.59 Å². The number of primary amides is 1. The van der Waals surface area contributed by atoms with Crippen molar-refractivity contribution >= 4 is 29.3 Å². The highest BCUT2D eigenvalue weighted by Gasteiger charge is 2.32. The molecule has 2 heterocycles. The van der Waals surface area contributed by atoms with Gasteiger partial charge in [-0.25, -0.2) is 4.98 Å². The van der Waals surface area contributed by atoms with Crippen molar-refractivity contribution in [1.82, 2.24) is 19.8 Å². The fourth-order valence-electron chi connectivity index (χ4n) is 4.72. The van der Waals surface area contributed by atoms with E-state index in [1.54, 1.807) is 6.20 Å². The predicted molar refractivity (Wildman–Crippen MR) is 139 cm³/mol. The van der Waals surface area contributed by atoms with Gasteiger partial charge in [-0.15, -0.1) is 0 Å². The van der Waals surface area contributed by atoms with Gasteiger partial charge in [-0.05, 0) is 57.0 Å². The van der Waals surface area contributed by atoms with E-state index in [0.717, 1.165) is 69.5 Å². The first-order valence-electron chi connectivity index (χ1n) is 12.8. The van der Waals surface area contributed by atoms with Gasteiger partial charge in [0.1, 0.15) is 5.82 Å². The molecule has 9 heteroatoms. The number of likely N-dealkylation sites (N-methyl/N-ethyl adjacent to an activating group) is 1. The van der Waals surface area contributed by atoms with Crippen LogP contribution in [0.5, 0.6) is 0 Å². The lowest BCUT2D eigenvalue weighted by Crippen LogP contribution is -2.47. The van der Waals surface area contributed by atoms with Crippen molar-refractivity contribution in [2.45, 2.75) is 38.1 Å². The minimum absolute atomic E-state index is 0.0524. The Morgan fingerprint density at radius 2 is 1.81 bits per heavy atom. The highest BCUT2D eigenvalue weighted by molar-refractivity contribution is 5.94. The number of nitrogens with zero attached hydrogens (tertiary/aromatic N) is 4. The molecule has 0 bridgehead atoms. The third-order valence-corrected chi connectivity index (χ3v) is 7.16. The highest BCUT2D eigenvalue weighted by Crippen LogP contribution is 2.30. The predicted octanol–water partition coefficient (Wildman–Crippen LogP) is 2.44. The monoisotopic (exact) mass is 487 g/mol. The van der Waals surface area contributed by atoms with Crippen LogP contribution in [-0.4, -0.2) is 70.9 Å². The summed E-state index contributed by atoms with van der Waals surface area (Å²) < 4.78 is 0. The molecule has 188 valence electrons. The number of carbonyl (C=O) groups is 2. The standard InChI is InChI=1S/C27H33N7O2/c1-33-13-15-34(16-14-33)26(36)19-9-11-21(12-10-19)30-27-29-17-20(8-7-18-5-6-18)25(32-27)31-23-4-2-3-22(23)24(28)35/h9-12,17-18,22-23H,2-6,13-16H2,1H3,(H2,28,35)(H2,29,30,31,32)/t22-,23+/m0/s1. The molecule has 0 radical (unpaired) electrons. The Balaban J connectivity index is 1.30. The maximum Gasteiger partial charge on any atom is 0.253 e. The summed E-state index contributed by atoms with van der Waals surface area (Å²) in [7, 11) is 2.07. The van der Waals surface area contributed by atoms with Crippen LogP contribution in [0.4, 0.5) is 17.5 Å². The molecule has 2 aliphatic carbocycles. The second-order valence-corrected chi connectivity index (χ2v) is 9.99. The Morgan fingerprint density at radius 1 is 1.06 bits per heavy atom. The van der Waals surface area contributed by atoms with E-state index in [1.165, 1.54) is 0 Å². The summed E-state index contributed by atoms with van der Waals surface area (Å²) in [5.41, 5.74) is 7.79. The number of piperazine rings is 1. The van der Waals surface area contributed by atoms with E-state index >= 15 is 0 Å². The molecule has 2 saturated carbocycles. The molecule has 2 atom stereocenters. The zero-order valence-corrected chi connectivity index (χ0v) is 20.7. The number of amides is 2. The molecule has 1 aromatic carbocycles. The topological polar surface area (TPSA) is 116 Å². The SMILES string of the molecule is CN1CCN(C(=O)c2ccc(Nc3ncc(C#CC4CC4)c(N[C@@H]4CCC[C@@H]4C(N)=O)n3)cc2)CC1. The van der Waals surface area contributed by atoms with Crippen LogP contribution >= 0.6 is 0 Å². The van der Waals surface area contributed by atoms with Gasteiger partial charge in [0, 0.05) is 49.4 Å². The Bertz CT molecular complexity index is 1170. The van der Waals surface area contributed by atoms with Crippen molar-refractivity contribution in [1.29, 1.82) is 0 Å². The van der Waals surface area contributed by atoms with Crippen molar-refractivity contribution in [3.63, 3.8) is 0 Å². The van der Waals surface area contributed by atoms with Crippen LogP contribution in [0.2, 0.25) is 0 Å². The molecule has 2 aromatic rings. The molecule has 9 nitrogen and oxygen atoms in total. The second kappa shape index (κ2) is 10.5. The van der Waals surface area contributed by atoms with Gasteiger partial charge in [0.2, 0.25) is 11.9 Å². The van der Waals surface area contributed by atoms with Crippen LogP contribution < -0.4 is 16.4 Å². The normalized spacial score (nSPS) is 22.0. The van der Waals surface area contributed by atoms with E-state index < -0.39 is 0 Å². The van der Waals surface area contributed by atoms with Crippen LogP contribution in [0.3, 0.4) is 0 Å². The molecule has 1 aromatic heterocycles. The first-order valence-corrected chi connectivity index (χ1v) is 12.8. The molecule has 0 spiro atoms. The van der Waals surface area contributed by atoms with E-state index in [2.05, 4.69) is 39.4 Å². The van der Waals surface area contributed by atoms with Crippen LogP contribution in [0.15, 0.2) is 30.5 Å². The molecule has 36 heavy (non-hydrogen) atoms. The Kier molecular flexibility index (Phi) is 7.05. The number of nitrogens with one attached hydrogen (secondary N) is 2. The summed E-state index contributed by atoms with van der Waals surface area (Å²) in [4.78, 5) is 38.0. The number of anilines is 3. The van der Waals surface area contributed by atoms with Gasteiger partial charge >= 0.3 is 0 Å². The highest BCUT2D eigenvalue weighted by atomic mass is 16.2. The average molecular weight is 488 g/mol. The maximum absolute atomic E-state index is 12.8. The van der Waals surface area contributed by atoms with E-state index in [-0.39, 0.29) is 23.8 Å². The number of carbonyl (C=O) groups excluding carboxylic acids is 2. The molecular weight excluding hydrogens is 454 g/mol. The summed E-state index contributed by atoms with van der Waals surface area (Å²) in [5.74, 6) is 7.51. The lowest BCUT2D eigenvalue weighted by atomic mass is 10.0. The number of benzene rings is 1. The van der Waals surface area contributed by atoms with Crippen molar-refractivity contribution in [2.75, 3.05) is 43.9 Å². The van der Waals surface area contributed by atoms with Crippen molar-refractivity contribution in [2.24, 2.45) is 17.6 Å². The summed E-state index contributed by atoms with van der Waals surface area (Å²) in [5, 5.41) is 6.65.